The van der Waals surface area contributed by atoms with Gasteiger partial charge in [0.1, 0.15) is 11.6 Å². The molecule has 1 aromatic heterocycles. The Balaban J connectivity index is 2.00. The Morgan fingerprint density at radius 1 is 0.895 bits per heavy atom. The number of benzene rings is 2. The third kappa shape index (κ3) is 2.22. The van der Waals surface area contributed by atoms with Crippen LogP contribution in [0.5, 0.6) is 5.75 Å². The zero-order valence-electron chi connectivity index (χ0n) is 10.1. The number of phenolic OH excluding ortho intramolecular Hbond substituents is 1. The molecule has 0 bridgehead atoms. The van der Waals surface area contributed by atoms with Gasteiger partial charge in [-0.05, 0) is 42.0 Å². The number of aromatic hydroxyl groups is 1. The van der Waals surface area contributed by atoms with Crippen molar-refractivity contribution < 1.29 is 9.50 Å². The largest absolute Gasteiger partial charge is 0.507 e. The Kier molecular flexibility index (Phi) is 2.80. The van der Waals surface area contributed by atoms with Crippen molar-refractivity contribution in [2.75, 3.05) is 0 Å². The van der Waals surface area contributed by atoms with Gasteiger partial charge in [0.05, 0.1) is 0 Å². The molecule has 2 nitrogen and oxygen atoms in total. The van der Waals surface area contributed by atoms with E-state index in [1.165, 1.54) is 12.1 Å². The molecule has 0 saturated heterocycles. The quantitative estimate of drug-likeness (QED) is 0.705. The molecule has 0 aliphatic rings. The zero-order valence-corrected chi connectivity index (χ0v) is 10.1. The summed E-state index contributed by atoms with van der Waals surface area (Å²) in [6.07, 6.45) is 1.83. The van der Waals surface area contributed by atoms with E-state index in [-0.39, 0.29) is 11.6 Å². The van der Waals surface area contributed by atoms with E-state index in [9.17, 15) is 9.50 Å². The van der Waals surface area contributed by atoms with Crippen molar-refractivity contribution in [3.63, 3.8) is 0 Å². The SMILES string of the molecule is Oc1ccccc1-c1c[nH]c(-c2ccc(F)cc2)c1. The number of H-pyrrole nitrogens is 1. The summed E-state index contributed by atoms with van der Waals surface area (Å²) in [6.45, 7) is 0. The molecular formula is C16H12FNO. The van der Waals surface area contributed by atoms with Crippen molar-refractivity contribution >= 4 is 0 Å². The van der Waals surface area contributed by atoms with Crippen LogP contribution in [-0.4, -0.2) is 10.1 Å². The maximum atomic E-state index is 12.9. The number of para-hydroxylation sites is 1. The molecule has 2 aromatic carbocycles. The number of hydrogen-bond donors (Lipinski definition) is 2. The second-order valence-electron chi connectivity index (χ2n) is 4.33. The van der Waals surface area contributed by atoms with Gasteiger partial charge in [-0.2, -0.15) is 0 Å². The highest BCUT2D eigenvalue weighted by atomic mass is 19.1. The fourth-order valence-electron chi connectivity index (χ4n) is 2.06. The summed E-state index contributed by atoms with van der Waals surface area (Å²) in [5.41, 5.74) is 3.46. The van der Waals surface area contributed by atoms with Crippen molar-refractivity contribution in [1.29, 1.82) is 0 Å². The molecule has 0 unspecified atom stereocenters. The molecule has 0 aliphatic carbocycles. The van der Waals surface area contributed by atoms with Crippen LogP contribution >= 0.6 is 0 Å². The zero-order chi connectivity index (χ0) is 13.2. The van der Waals surface area contributed by atoms with Crippen LogP contribution in [0.2, 0.25) is 0 Å². The molecule has 0 amide bonds. The second-order valence-corrected chi connectivity index (χ2v) is 4.33. The molecule has 0 radical (unpaired) electrons. The Bertz CT molecular complexity index is 701. The van der Waals surface area contributed by atoms with Crippen molar-refractivity contribution in [2.45, 2.75) is 0 Å². The Hall–Kier alpha value is -2.55. The van der Waals surface area contributed by atoms with Crippen LogP contribution < -0.4 is 0 Å². The standard InChI is InChI=1S/C16H12FNO/c17-13-7-5-11(6-8-13)15-9-12(10-18-15)14-3-1-2-4-16(14)19/h1-10,18-19H. The van der Waals surface area contributed by atoms with Crippen LogP contribution in [-0.2, 0) is 0 Å². The number of phenols is 1. The molecule has 2 N–H and O–H groups in total. The van der Waals surface area contributed by atoms with Gasteiger partial charge >= 0.3 is 0 Å². The summed E-state index contributed by atoms with van der Waals surface area (Å²) < 4.78 is 12.9. The van der Waals surface area contributed by atoms with E-state index >= 15 is 0 Å². The minimum Gasteiger partial charge on any atom is -0.507 e. The lowest BCUT2D eigenvalue weighted by atomic mass is 10.1. The number of rotatable bonds is 2. The van der Waals surface area contributed by atoms with Crippen LogP contribution in [0.15, 0.2) is 60.8 Å². The summed E-state index contributed by atoms with van der Waals surface area (Å²) in [4.78, 5) is 3.13. The third-order valence-corrected chi connectivity index (χ3v) is 3.05. The molecule has 0 aliphatic heterocycles. The predicted octanol–water partition coefficient (Wildman–Crippen LogP) is 4.19. The van der Waals surface area contributed by atoms with Gasteiger partial charge in [-0.1, -0.05) is 18.2 Å². The summed E-state index contributed by atoms with van der Waals surface area (Å²) >= 11 is 0. The second kappa shape index (κ2) is 4.61. The maximum absolute atomic E-state index is 12.9. The summed E-state index contributed by atoms with van der Waals surface area (Å²) in [5.74, 6) is -0.0108. The molecule has 94 valence electrons. The molecular weight excluding hydrogens is 241 g/mol. The van der Waals surface area contributed by atoms with Gasteiger partial charge in [0, 0.05) is 23.0 Å². The summed E-state index contributed by atoms with van der Waals surface area (Å²) in [6, 6.07) is 15.4. The molecule has 3 heteroatoms. The van der Waals surface area contributed by atoms with Gasteiger partial charge in [0.2, 0.25) is 0 Å². The van der Waals surface area contributed by atoms with Gasteiger partial charge < -0.3 is 10.1 Å². The van der Waals surface area contributed by atoms with Gasteiger partial charge in [0.15, 0.2) is 0 Å². The van der Waals surface area contributed by atoms with Crippen LogP contribution in [0.3, 0.4) is 0 Å². The minimum atomic E-state index is -0.253. The van der Waals surface area contributed by atoms with Crippen molar-refractivity contribution in [1.82, 2.24) is 4.98 Å². The lowest BCUT2D eigenvalue weighted by Gasteiger charge is -2.00. The van der Waals surface area contributed by atoms with E-state index in [2.05, 4.69) is 4.98 Å². The van der Waals surface area contributed by atoms with E-state index in [1.807, 2.05) is 24.4 Å². The highest BCUT2D eigenvalue weighted by molar-refractivity contribution is 5.75. The van der Waals surface area contributed by atoms with Crippen molar-refractivity contribution in [3.8, 4) is 28.1 Å². The Morgan fingerprint density at radius 3 is 2.37 bits per heavy atom. The first kappa shape index (κ1) is 11.5. The average molecular weight is 253 g/mol. The molecule has 0 fully saturated rings. The Labute approximate surface area is 110 Å². The molecule has 3 rings (SSSR count). The first-order chi connectivity index (χ1) is 9.24. The highest BCUT2D eigenvalue weighted by Gasteiger charge is 2.07. The summed E-state index contributed by atoms with van der Waals surface area (Å²) in [7, 11) is 0. The van der Waals surface area contributed by atoms with E-state index in [0.29, 0.717) is 0 Å². The van der Waals surface area contributed by atoms with Crippen molar-refractivity contribution in [3.05, 3.63) is 66.6 Å². The fraction of sp³-hybridized carbons (Fsp3) is 0. The van der Waals surface area contributed by atoms with E-state index in [1.54, 1.807) is 24.3 Å². The van der Waals surface area contributed by atoms with Crippen LogP contribution in [0.25, 0.3) is 22.4 Å². The number of aromatic nitrogens is 1. The molecule has 19 heavy (non-hydrogen) atoms. The molecule has 3 aromatic rings. The maximum Gasteiger partial charge on any atom is 0.123 e. The van der Waals surface area contributed by atoms with Crippen molar-refractivity contribution in [2.24, 2.45) is 0 Å². The first-order valence-corrected chi connectivity index (χ1v) is 5.97. The highest BCUT2D eigenvalue weighted by Crippen LogP contribution is 2.31. The number of nitrogens with one attached hydrogen (secondary N) is 1. The topological polar surface area (TPSA) is 36.0 Å². The molecule has 0 atom stereocenters. The van der Waals surface area contributed by atoms with Crippen LogP contribution in [0.1, 0.15) is 0 Å². The Morgan fingerprint density at radius 2 is 1.63 bits per heavy atom. The fourth-order valence-corrected chi connectivity index (χ4v) is 2.06. The van der Waals surface area contributed by atoms with E-state index in [4.69, 9.17) is 0 Å². The minimum absolute atomic E-state index is 0.243. The lowest BCUT2D eigenvalue weighted by molar-refractivity contribution is 0.477. The normalized spacial score (nSPS) is 10.6. The number of aromatic amines is 1. The van der Waals surface area contributed by atoms with E-state index < -0.39 is 0 Å². The third-order valence-electron chi connectivity index (χ3n) is 3.05. The lowest BCUT2D eigenvalue weighted by Crippen LogP contribution is -1.77. The van der Waals surface area contributed by atoms with Gasteiger partial charge in [-0.15, -0.1) is 0 Å². The number of hydrogen-bond acceptors (Lipinski definition) is 1. The molecule has 0 spiro atoms. The van der Waals surface area contributed by atoms with Crippen LogP contribution in [0, 0.1) is 5.82 Å². The average Bonchev–Trinajstić information content (AvgIpc) is 2.89. The molecule has 0 saturated carbocycles. The monoisotopic (exact) mass is 253 g/mol. The van der Waals surface area contributed by atoms with Gasteiger partial charge in [0.25, 0.3) is 0 Å². The smallest absolute Gasteiger partial charge is 0.123 e. The molecule has 1 heterocycles. The van der Waals surface area contributed by atoms with E-state index in [0.717, 1.165) is 22.4 Å². The van der Waals surface area contributed by atoms with Crippen LogP contribution in [0.4, 0.5) is 4.39 Å². The first-order valence-electron chi connectivity index (χ1n) is 5.97. The predicted molar refractivity (Wildman–Crippen MR) is 73.3 cm³/mol. The summed E-state index contributed by atoms with van der Waals surface area (Å²) in [5, 5.41) is 9.82. The van der Waals surface area contributed by atoms with Gasteiger partial charge in [-0.3, -0.25) is 0 Å². The number of halogens is 1. The van der Waals surface area contributed by atoms with Gasteiger partial charge in [-0.25, -0.2) is 4.39 Å².